The van der Waals surface area contributed by atoms with Crippen LogP contribution in [-0.2, 0) is 0 Å². The molecule has 0 aromatic rings. The molecule has 0 heterocycles. The minimum Gasteiger partial charge on any atom is -0.0651 e. The maximum absolute atomic E-state index is 2.99. The van der Waals surface area contributed by atoms with E-state index in [9.17, 15) is 0 Å². The van der Waals surface area contributed by atoms with E-state index in [1.807, 2.05) is 0 Å². The Bertz CT molecular complexity index is 1020. The van der Waals surface area contributed by atoms with Gasteiger partial charge >= 0.3 is 0 Å². The summed E-state index contributed by atoms with van der Waals surface area (Å²) >= 11 is 0. The summed E-state index contributed by atoms with van der Waals surface area (Å²) in [5, 5.41) is 0. The van der Waals surface area contributed by atoms with Crippen molar-refractivity contribution in [2.24, 2.45) is 105 Å². The van der Waals surface area contributed by atoms with Crippen molar-refractivity contribution in [1.29, 1.82) is 0 Å². The molecule has 6 aliphatic carbocycles. The highest BCUT2D eigenvalue weighted by atomic mass is 14.8. The zero-order valence-electron chi connectivity index (χ0n) is 33.9. The first-order chi connectivity index (χ1) is 22.3. The van der Waals surface area contributed by atoms with E-state index in [0.717, 1.165) is 88.8 Å². The van der Waals surface area contributed by atoms with Crippen LogP contribution in [0, 0.1) is 105 Å². The summed E-state index contributed by atoms with van der Waals surface area (Å²) < 4.78 is 0. The molecular formula is C47H84. The SMILES string of the molecule is CCC(C)CC1C2(C)C(CCC3CCCC3)C3CCCC(C)C3C(C)C2C(C)C2(C)C(C)C(C(C)CCC3CCCC3)C(C)CC12C. The lowest BCUT2D eigenvalue weighted by Crippen LogP contribution is -2.72. The van der Waals surface area contributed by atoms with Crippen molar-refractivity contribution in [3.05, 3.63) is 0 Å². The number of hydrogen-bond donors (Lipinski definition) is 0. The van der Waals surface area contributed by atoms with E-state index in [1.165, 1.54) is 96.3 Å². The minimum atomic E-state index is 0.420. The molecule has 0 bridgehead atoms. The molecule has 6 rings (SSSR count). The zero-order chi connectivity index (χ0) is 33.9. The van der Waals surface area contributed by atoms with Gasteiger partial charge in [0, 0.05) is 0 Å². The highest BCUT2D eigenvalue weighted by molar-refractivity contribution is 5.21. The van der Waals surface area contributed by atoms with Crippen LogP contribution in [0.25, 0.3) is 0 Å². The third-order valence-electron chi connectivity index (χ3n) is 19.6. The summed E-state index contributed by atoms with van der Waals surface area (Å²) in [4.78, 5) is 0. The lowest BCUT2D eigenvalue weighted by molar-refractivity contribution is -0.300. The van der Waals surface area contributed by atoms with Crippen LogP contribution >= 0.6 is 0 Å². The van der Waals surface area contributed by atoms with Crippen molar-refractivity contribution in [1.82, 2.24) is 0 Å². The van der Waals surface area contributed by atoms with Gasteiger partial charge in [-0.1, -0.05) is 166 Å². The van der Waals surface area contributed by atoms with Gasteiger partial charge in [0.15, 0.2) is 0 Å². The minimum absolute atomic E-state index is 0.420. The topological polar surface area (TPSA) is 0 Å². The van der Waals surface area contributed by atoms with Gasteiger partial charge in [0.2, 0.25) is 0 Å². The van der Waals surface area contributed by atoms with E-state index in [-0.39, 0.29) is 0 Å². The standard InChI is InChI=1S/C47H84/c1-12-30(2)28-41-45(9)29-33(5)42(32(4)24-25-37-19-13-14-20-37)35(7)47(45,11)36(8)44-34(6)43-31(3)18-17-23-39(43)40(46(41,44)10)27-26-38-21-15-16-22-38/h30-44H,12-29H2,1-11H3. The van der Waals surface area contributed by atoms with Crippen LogP contribution in [0.5, 0.6) is 0 Å². The zero-order valence-corrected chi connectivity index (χ0v) is 33.9. The number of hydrogen-bond acceptors (Lipinski definition) is 0. The summed E-state index contributed by atoms with van der Waals surface area (Å²) in [5.74, 6) is 13.6. The molecular weight excluding hydrogens is 565 g/mol. The van der Waals surface area contributed by atoms with Gasteiger partial charge in [-0.15, -0.1) is 0 Å². The predicted molar refractivity (Wildman–Crippen MR) is 205 cm³/mol. The maximum atomic E-state index is 2.99. The van der Waals surface area contributed by atoms with E-state index in [0.29, 0.717) is 16.2 Å². The smallest absolute Gasteiger partial charge is 0.0212 e. The second kappa shape index (κ2) is 14.2. The molecule has 0 aromatic heterocycles. The van der Waals surface area contributed by atoms with Gasteiger partial charge in [-0.2, -0.15) is 0 Å². The molecule has 6 fully saturated rings. The first kappa shape index (κ1) is 36.8. The van der Waals surface area contributed by atoms with E-state index < -0.39 is 0 Å². The third-order valence-corrected chi connectivity index (χ3v) is 19.6. The van der Waals surface area contributed by atoms with Gasteiger partial charge in [-0.3, -0.25) is 0 Å². The van der Waals surface area contributed by atoms with Crippen LogP contribution in [-0.4, -0.2) is 0 Å². The monoisotopic (exact) mass is 649 g/mol. The largest absolute Gasteiger partial charge is 0.0651 e. The molecule has 0 radical (unpaired) electrons. The Balaban J connectivity index is 1.42. The van der Waals surface area contributed by atoms with Crippen molar-refractivity contribution in [2.45, 2.75) is 192 Å². The Hall–Kier alpha value is 0. The van der Waals surface area contributed by atoms with Crippen molar-refractivity contribution in [2.75, 3.05) is 0 Å². The summed E-state index contributed by atoms with van der Waals surface area (Å²) in [7, 11) is 0. The molecule has 272 valence electrons. The molecule has 16 unspecified atom stereocenters. The Morgan fingerprint density at radius 1 is 0.681 bits per heavy atom. The van der Waals surface area contributed by atoms with Crippen LogP contribution in [0.4, 0.5) is 0 Å². The molecule has 0 aromatic carbocycles. The van der Waals surface area contributed by atoms with Gasteiger partial charge in [0.05, 0.1) is 0 Å². The van der Waals surface area contributed by atoms with Gasteiger partial charge in [-0.05, 0) is 131 Å². The van der Waals surface area contributed by atoms with E-state index in [4.69, 9.17) is 0 Å². The fourth-order valence-electron chi connectivity index (χ4n) is 17.2. The van der Waals surface area contributed by atoms with Gasteiger partial charge in [-0.25, -0.2) is 0 Å². The van der Waals surface area contributed by atoms with Crippen LogP contribution in [0.15, 0.2) is 0 Å². The molecule has 0 saturated heterocycles. The molecule has 0 heteroatoms. The fourth-order valence-corrected chi connectivity index (χ4v) is 17.2. The summed E-state index contributed by atoms with van der Waals surface area (Å²) in [6.45, 7) is 30.7. The fraction of sp³-hybridized carbons (Fsp3) is 1.00. The highest BCUT2D eigenvalue weighted by Crippen LogP contribution is 2.79. The first-order valence-electron chi connectivity index (χ1n) is 22.3. The van der Waals surface area contributed by atoms with E-state index in [2.05, 4.69) is 76.2 Å². The maximum Gasteiger partial charge on any atom is -0.0212 e. The van der Waals surface area contributed by atoms with Crippen LogP contribution in [0.3, 0.4) is 0 Å². The second-order valence-electron chi connectivity index (χ2n) is 21.3. The van der Waals surface area contributed by atoms with Crippen molar-refractivity contribution in [3.8, 4) is 0 Å². The molecule has 16 atom stereocenters. The predicted octanol–water partition coefficient (Wildman–Crippen LogP) is 14.5. The second-order valence-corrected chi connectivity index (χ2v) is 21.3. The van der Waals surface area contributed by atoms with Crippen LogP contribution in [0.1, 0.15) is 192 Å². The van der Waals surface area contributed by atoms with Gasteiger partial charge < -0.3 is 0 Å². The average molecular weight is 649 g/mol. The Morgan fingerprint density at radius 3 is 1.91 bits per heavy atom. The first-order valence-corrected chi connectivity index (χ1v) is 22.3. The van der Waals surface area contributed by atoms with Crippen molar-refractivity contribution < 1.29 is 0 Å². The van der Waals surface area contributed by atoms with E-state index >= 15 is 0 Å². The van der Waals surface area contributed by atoms with Gasteiger partial charge in [0.1, 0.15) is 0 Å². The molecule has 47 heavy (non-hydrogen) atoms. The molecule has 0 amide bonds. The number of rotatable bonds is 10. The quantitative estimate of drug-likeness (QED) is 0.221. The molecule has 0 nitrogen and oxygen atoms in total. The van der Waals surface area contributed by atoms with E-state index in [1.54, 1.807) is 19.3 Å². The summed E-state index contributed by atoms with van der Waals surface area (Å²) in [6.07, 6.45) is 27.1. The molecule has 0 spiro atoms. The molecule has 0 aliphatic heterocycles. The lowest BCUT2D eigenvalue weighted by Gasteiger charge is -2.78. The normalized spacial score (nSPS) is 50.5. The summed E-state index contributed by atoms with van der Waals surface area (Å²) in [6, 6.07) is 0. The summed E-state index contributed by atoms with van der Waals surface area (Å²) in [5.41, 5.74) is 1.33. The van der Waals surface area contributed by atoms with Gasteiger partial charge in [0.25, 0.3) is 0 Å². The molecule has 0 N–H and O–H groups in total. The number of fused-ring (bicyclic) bond motifs is 3. The Labute approximate surface area is 295 Å². The molecule has 6 aliphatic rings. The van der Waals surface area contributed by atoms with Crippen LogP contribution in [0.2, 0.25) is 0 Å². The van der Waals surface area contributed by atoms with Crippen molar-refractivity contribution in [3.63, 3.8) is 0 Å². The Morgan fingerprint density at radius 2 is 1.30 bits per heavy atom. The van der Waals surface area contributed by atoms with Crippen LogP contribution < -0.4 is 0 Å². The average Bonchev–Trinajstić information content (AvgIpc) is 3.75. The molecule has 6 saturated carbocycles. The highest BCUT2D eigenvalue weighted by Gasteiger charge is 2.73. The Kier molecular flexibility index (Phi) is 11.1. The third kappa shape index (κ3) is 5.98. The lowest BCUT2D eigenvalue weighted by atomic mass is 9.27. The van der Waals surface area contributed by atoms with Crippen molar-refractivity contribution >= 4 is 0 Å².